The Balaban J connectivity index is 2.00. The molecule has 1 saturated heterocycles. The molecule has 0 saturated carbocycles. The summed E-state index contributed by atoms with van der Waals surface area (Å²) in [6.07, 6.45) is 8.89. The molecule has 1 aliphatic rings. The van der Waals surface area contributed by atoms with Gasteiger partial charge in [-0.2, -0.15) is 0 Å². The zero-order valence-corrected chi connectivity index (χ0v) is 12.5. The van der Waals surface area contributed by atoms with Crippen molar-refractivity contribution in [1.82, 2.24) is 14.7 Å². The Morgan fingerprint density at radius 1 is 1.62 bits per heavy atom. The van der Waals surface area contributed by atoms with Gasteiger partial charge < -0.3 is 14.4 Å². The van der Waals surface area contributed by atoms with Crippen molar-refractivity contribution in [3.05, 3.63) is 11.8 Å². The summed E-state index contributed by atoms with van der Waals surface area (Å²) < 4.78 is 12.1. The van der Waals surface area contributed by atoms with E-state index in [4.69, 9.17) is 15.9 Å². The molecule has 1 amide bonds. The summed E-state index contributed by atoms with van der Waals surface area (Å²) in [5.74, 6) is 3.12. The number of methoxy groups -OCH3 is 1. The SMILES string of the molecule is C#CCOCC1CCCN(C(=O)c2cn(C)nc2OC)C1. The molecule has 0 bridgehead atoms. The fourth-order valence-electron chi connectivity index (χ4n) is 2.61. The third-order valence-corrected chi connectivity index (χ3v) is 3.56. The number of carbonyl (C=O) groups is 1. The predicted octanol–water partition coefficient (Wildman–Crippen LogP) is 0.931. The summed E-state index contributed by atoms with van der Waals surface area (Å²) in [6, 6.07) is 0. The second kappa shape index (κ2) is 7.14. The van der Waals surface area contributed by atoms with Crippen LogP contribution in [0.1, 0.15) is 23.2 Å². The first-order valence-corrected chi connectivity index (χ1v) is 7.03. The van der Waals surface area contributed by atoms with Gasteiger partial charge in [0.1, 0.15) is 12.2 Å². The lowest BCUT2D eigenvalue weighted by atomic mass is 9.98. The van der Waals surface area contributed by atoms with E-state index in [1.54, 1.807) is 17.9 Å². The molecule has 21 heavy (non-hydrogen) atoms. The highest BCUT2D eigenvalue weighted by Gasteiger charge is 2.27. The maximum absolute atomic E-state index is 12.6. The molecule has 0 aromatic carbocycles. The number of hydrogen-bond donors (Lipinski definition) is 0. The molecule has 1 aromatic heterocycles. The van der Waals surface area contributed by atoms with Crippen LogP contribution < -0.4 is 4.74 Å². The van der Waals surface area contributed by atoms with E-state index in [2.05, 4.69) is 11.0 Å². The zero-order valence-electron chi connectivity index (χ0n) is 12.5. The molecule has 2 heterocycles. The average molecular weight is 291 g/mol. The summed E-state index contributed by atoms with van der Waals surface area (Å²) in [5, 5.41) is 4.12. The van der Waals surface area contributed by atoms with Crippen molar-refractivity contribution in [2.75, 3.05) is 33.4 Å². The Bertz CT molecular complexity index is 533. The molecule has 0 spiro atoms. The van der Waals surface area contributed by atoms with E-state index in [-0.39, 0.29) is 5.91 Å². The van der Waals surface area contributed by atoms with E-state index < -0.39 is 0 Å². The van der Waals surface area contributed by atoms with E-state index in [1.807, 2.05) is 4.90 Å². The van der Waals surface area contributed by atoms with Gasteiger partial charge in [-0.05, 0) is 12.8 Å². The zero-order chi connectivity index (χ0) is 15.2. The van der Waals surface area contributed by atoms with Crippen LogP contribution in [0.25, 0.3) is 0 Å². The molecule has 2 rings (SSSR count). The highest BCUT2D eigenvalue weighted by atomic mass is 16.5. The van der Waals surface area contributed by atoms with Crippen molar-refractivity contribution in [2.24, 2.45) is 13.0 Å². The van der Waals surface area contributed by atoms with E-state index in [9.17, 15) is 4.79 Å². The molecule has 1 aliphatic heterocycles. The number of rotatable bonds is 5. The minimum absolute atomic E-state index is 0.0402. The Labute approximate surface area is 125 Å². The Kier molecular flexibility index (Phi) is 5.23. The van der Waals surface area contributed by atoms with Crippen molar-refractivity contribution in [1.29, 1.82) is 0 Å². The minimum Gasteiger partial charge on any atom is -0.479 e. The van der Waals surface area contributed by atoms with Crippen LogP contribution in [0.15, 0.2) is 6.20 Å². The molecular formula is C15H21N3O3. The molecule has 0 radical (unpaired) electrons. The highest BCUT2D eigenvalue weighted by molar-refractivity contribution is 5.96. The van der Waals surface area contributed by atoms with E-state index in [0.717, 1.165) is 19.4 Å². The molecule has 0 N–H and O–H groups in total. The first kappa shape index (κ1) is 15.4. The normalized spacial score (nSPS) is 18.3. The van der Waals surface area contributed by atoms with Gasteiger partial charge in [0.25, 0.3) is 5.91 Å². The smallest absolute Gasteiger partial charge is 0.260 e. The number of piperidine rings is 1. The summed E-state index contributed by atoms with van der Waals surface area (Å²) in [6.45, 7) is 2.35. The summed E-state index contributed by atoms with van der Waals surface area (Å²) in [7, 11) is 3.29. The Morgan fingerprint density at radius 2 is 2.43 bits per heavy atom. The monoisotopic (exact) mass is 291 g/mol. The largest absolute Gasteiger partial charge is 0.479 e. The van der Waals surface area contributed by atoms with Gasteiger partial charge in [-0.25, -0.2) is 0 Å². The van der Waals surface area contributed by atoms with Crippen molar-refractivity contribution in [3.63, 3.8) is 0 Å². The highest BCUT2D eigenvalue weighted by Crippen LogP contribution is 2.22. The Hall–Kier alpha value is -2.00. The molecule has 0 aliphatic carbocycles. The lowest BCUT2D eigenvalue weighted by molar-refractivity contribution is 0.0531. The van der Waals surface area contributed by atoms with Crippen molar-refractivity contribution in [3.8, 4) is 18.2 Å². The first-order valence-electron chi connectivity index (χ1n) is 7.03. The number of carbonyl (C=O) groups excluding carboxylic acids is 1. The van der Waals surface area contributed by atoms with Gasteiger partial charge in [-0.3, -0.25) is 9.48 Å². The van der Waals surface area contributed by atoms with Crippen molar-refractivity contribution >= 4 is 5.91 Å². The van der Waals surface area contributed by atoms with Gasteiger partial charge in [0.2, 0.25) is 5.88 Å². The second-order valence-corrected chi connectivity index (χ2v) is 5.20. The number of likely N-dealkylation sites (tertiary alicyclic amines) is 1. The van der Waals surface area contributed by atoms with E-state index in [0.29, 0.717) is 37.1 Å². The maximum atomic E-state index is 12.6. The molecule has 1 unspecified atom stereocenters. The van der Waals surface area contributed by atoms with Crippen molar-refractivity contribution < 1.29 is 14.3 Å². The van der Waals surface area contributed by atoms with Gasteiger partial charge >= 0.3 is 0 Å². The summed E-state index contributed by atoms with van der Waals surface area (Å²) in [5.41, 5.74) is 0.505. The molecule has 1 fully saturated rings. The Morgan fingerprint density at radius 3 is 3.14 bits per heavy atom. The quantitative estimate of drug-likeness (QED) is 0.598. The molecule has 6 nitrogen and oxygen atoms in total. The van der Waals surface area contributed by atoms with Crippen molar-refractivity contribution in [2.45, 2.75) is 12.8 Å². The molecule has 114 valence electrons. The van der Waals surface area contributed by atoms with Gasteiger partial charge in [-0.15, -0.1) is 11.5 Å². The maximum Gasteiger partial charge on any atom is 0.260 e. The number of terminal acetylenes is 1. The van der Waals surface area contributed by atoms with Gasteiger partial charge in [0.05, 0.1) is 13.7 Å². The minimum atomic E-state index is -0.0402. The molecular weight excluding hydrogens is 270 g/mol. The van der Waals surface area contributed by atoms with Crippen LogP contribution in [0.5, 0.6) is 5.88 Å². The lowest BCUT2D eigenvalue weighted by Crippen LogP contribution is -2.41. The summed E-state index contributed by atoms with van der Waals surface area (Å²) in [4.78, 5) is 14.4. The fraction of sp³-hybridized carbons (Fsp3) is 0.600. The third kappa shape index (κ3) is 3.76. The standard InChI is InChI=1S/C15H21N3O3/c1-4-8-21-11-12-6-5-7-18(9-12)15(19)13-10-17(2)16-14(13)20-3/h1,10,12H,5-9,11H2,2-3H3. The molecule has 1 atom stereocenters. The van der Waals surface area contributed by atoms with Crippen LogP contribution in [-0.4, -0.2) is 54.0 Å². The van der Waals surface area contributed by atoms with Crippen LogP contribution in [0.4, 0.5) is 0 Å². The van der Waals surface area contributed by atoms with Crippen LogP contribution in [-0.2, 0) is 11.8 Å². The average Bonchev–Trinajstić information content (AvgIpc) is 2.88. The number of amides is 1. The number of ether oxygens (including phenoxy) is 2. The lowest BCUT2D eigenvalue weighted by Gasteiger charge is -2.32. The molecule has 1 aromatic rings. The number of aryl methyl sites for hydroxylation is 1. The third-order valence-electron chi connectivity index (χ3n) is 3.56. The number of hydrogen-bond acceptors (Lipinski definition) is 4. The second-order valence-electron chi connectivity index (χ2n) is 5.20. The van der Waals surface area contributed by atoms with Crippen LogP contribution in [0.3, 0.4) is 0 Å². The predicted molar refractivity (Wildman–Crippen MR) is 78.0 cm³/mol. The van der Waals surface area contributed by atoms with E-state index >= 15 is 0 Å². The van der Waals surface area contributed by atoms with Crippen LogP contribution in [0, 0.1) is 18.3 Å². The van der Waals surface area contributed by atoms with E-state index in [1.165, 1.54) is 7.11 Å². The topological polar surface area (TPSA) is 56.6 Å². The van der Waals surface area contributed by atoms with Crippen LogP contribution >= 0.6 is 0 Å². The van der Waals surface area contributed by atoms with Gasteiger partial charge in [0, 0.05) is 32.3 Å². The van der Waals surface area contributed by atoms with Gasteiger partial charge in [-0.1, -0.05) is 5.92 Å². The van der Waals surface area contributed by atoms with Gasteiger partial charge in [0.15, 0.2) is 0 Å². The summed E-state index contributed by atoms with van der Waals surface area (Å²) >= 11 is 0. The number of aromatic nitrogens is 2. The number of nitrogens with zero attached hydrogens (tertiary/aromatic N) is 3. The fourth-order valence-corrected chi connectivity index (χ4v) is 2.61. The molecule has 6 heteroatoms. The first-order chi connectivity index (χ1) is 10.2. The van der Waals surface area contributed by atoms with Crippen LogP contribution in [0.2, 0.25) is 0 Å².